The molecule has 1 heterocycles. The van der Waals surface area contributed by atoms with E-state index in [4.69, 9.17) is 0 Å². The van der Waals surface area contributed by atoms with Crippen LogP contribution in [0.5, 0.6) is 5.75 Å². The van der Waals surface area contributed by atoms with Gasteiger partial charge in [-0.3, -0.25) is 0 Å². The molecule has 0 aliphatic carbocycles. The zero-order valence-corrected chi connectivity index (χ0v) is 7.79. The number of aromatic hydroxyl groups is 1. The molecule has 1 aromatic carbocycles. The van der Waals surface area contributed by atoms with Crippen LogP contribution in [0.4, 0.5) is 4.39 Å². The molecule has 1 aliphatic rings. The van der Waals surface area contributed by atoms with Gasteiger partial charge in [0.15, 0.2) is 0 Å². The van der Waals surface area contributed by atoms with Crippen LogP contribution in [-0.2, 0) is 0 Å². The van der Waals surface area contributed by atoms with Gasteiger partial charge in [0.05, 0.1) is 5.71 Å². The molecule has 0 radical (unpaired) electrons. The lowest BCUT2D eigenvalue weighted by Crippen LogP contribution is -2.12. The van der Waals surface area contributed by atoms with Gasteiger partial charge in [0, 0.05) is 18.0 Å². The van der Waals surface area contributed by atoms with Crippen LogP contribution < -0.4 is 5.43 Å². The van der Waals surface area contributed by atoms with Crippen molar-refractivity contribution < 1.29 is 9.50 Å². The molecule has 1 atom stereocenters. The first-order valence-electron chi connectivity index (χ1n) is 4.48. The molecular weight excluding hydrogens is 183 g/mol. The Morgan fingerprint density at radius 2 is 2.36 bits per heavy atom. The minimum absolute atomic E-state index is 0.0701. The van der Waals surface area contributed by atoms with Gasteiger partial charge in [-0.05, 0) is 18.2 Å². The van der Waals surface area contributed by atoms with E-state index in [1.807, 2.05) is 6.92 Å². The molecule has 0 saturated heterocycles. The van der Waals surface area contributed by atoms with Crippen LogP contribution in [0, 0.1) is 11.7 Å². The number of nitrogens with one attached hydrogen (secondary N) is 1. The van der Waals surface area contributed by atoms with Crippen molar-refractivity contribution >= 4 is 5.71 Å². The number of phenols is 1. The second-order valence-corrected chi connectivity index (χ2v) is 3.42. The zero-order valence-electron chi connectivity index (χ0n) is 7.79. The minimum atomic E-state index is -0.361. The summed E-state index contributed by atoms with van der Waals surface area (Å²) in [4.78, 5) is 0. The van der Waals surface area contributed by atoms with Crippen LogP contribution in [-0.4, -0.2) is 17.4 Å². The fraction of sp³-hybridized carbons (Fsp3) is 0.300. The number of nitrogens with zero attached hydrogens (tertiary/aromatic N) is 1. The molecule has 0 bridgehead atoms. The van der Waals surface area contributed by atoms with E-state index < -0.39 is 0 Å². The van der Waals surface area contributed by atoms with Gasteiger partial charge in [-0.1, -0.05) is 6.92 Å². The minimum Gasteiger partial charge on any atom is -0.507 e. The summed E-state index contributed by atoms with van der Waals surface area (Å²) in [6.45, 7) is 2.70. The molecular formula is C10H11FN2O. The maximum atomic E-state index is 12.9. The number of hydrazone groups is 1. The molecule has 0 fully saturated rings. The third-order valence-electron chi connectivity index (χ3n) is 2.30. The highest BCUT2D eigenvalue weighted by Crippen LogP contribution is 2.23. The summed E-state index contributed by atoms with van der Waals surface area (Å²) in [5.74, 6) is -0.0944. The normalized spacial score (nSPS) is 20.4. The van der Waals surface area contributed by atoms with Crippen molar-refractivity contribution in [1.82, 2.24) is 5.43 Å². The van der Waals surface area contributed by atoms with E-state index in [2.05, 4.69) is 10.5 Å². The van der Waals surface area contributed by atoms with E-state index in [1.165, 1.54) is 18.2 Å². The van der Waals surface area contributed by atoms with Crippen molar-refractivity contribution in [3.63, 3.8) is 0 Å². The fourth-order valence-electron chi connectivity index (χ4n) is 1.51. The Morgan fingerprint density at radius 1 is 1.57 bits per heavy atom. The monoisotopic (exact) mass is 194 g/mol. The fourth-order valence-corrected chi connectivity index (χ4v) is 1.51. The van der Waals surface area contributed by atoms with Gasteiger partial charge in [0.1, 0.15) is 11.6 Å². The summed E-state index contributed by atoms with van der Waals surface area (Å²) < 4.78 is 12.9. The molecule has 3 nitrogen and oxygen atoms in total. The molecule has 1 aliphatic heterocycles. The number of rotatable bonds is 1. The highest BCUT2D eigenvalue weighted by molar-refractivity contribution is 6.04. The molecule has 4 heteroatoms. The van der Waals surface area contributed by atoms with Crippen LogP contribution in [0.3, 0.4) is 0 Å². The highest BCUT2D eigenvalue weighted by Gasteiger charge is 2.20. The maximum absolute atomic E-state index is 12.9. The second-order valence-electron chi connectivity index (χ2n) is 3.42. The van der Waals surface area contributed by atoms with Crippen molar-refractivity contribution in [3.8, 4) is 5.75 Å². The van der Waals surface area contributed by atoms with Gasteiger partial charge in [-0.25, -0.2) is 4.39 Å². The Balaban J connectivity index is 2.45. The maximum Gasteiger partial charge on any atom is 0.124 e. The molecule has 2 N–H and O–H groups in total. The van der Waals surface area contributed by atoms with Gasteiger partial charge in [-0.2, -0.15) is 5.10 Å². The molecule has 1 aromatic rings. The van der Waals surface area contributed by atoms with Crippen molar-refractivity contribution in [2.45, 2.75) is 6.92 Å². The Morgan fingerprint density at radius 3 is 3.00 bits per heavy atom. The van der Waals surface area contributed by atoms with Gasteiger partial charge in [-0.15, -0.1) is 0 Å². The molecule has 0 spiro atoms. The smallest absolute Gasteiger partial charge is 0.124 e. The number of phenolic OH excluding ortho intramolecular Hbond substituents is 1. The summed E-state index contributed by atoms with van der Waals surface area (Å²) in [6, 6.07) is 3.88. The average Bonchev–Trinajstić information content (AvgIpc) is 2.56. The summed E-state index contributed by atoms with van der Waals surface area (Å²) >= 11 is 0. The van der Waals surface area contributed by atoms with E-state index >= 15 is 0 Å². The summed E-state index contributed by atoms with van der Waals surface area (Å²) in [5, 5.41) is 13.6. The van der Waals surface area contributed by atoms with E-state index in [1.54, 1.807) is 0 Å². The first-order valence-corrected chi connectivity index (χ1v) is 4.48. The first kappa shape index (κ1) is 8.99. The average molecular weight is 194 g/mol. The molecule has 2 rings (SSSR count). The van der Waals surface area contributed by atoms with E-state index in [9.17, 15) is 9.50 Å². The second kappa shape index (κ2) is 3.29. The third kappa shape index (κ3) is 1.43. The number of hydrogen-bond donors (Lipinski definition) is 2. The van der Waals surface area contributed by atoms with Crippen LogP contribution >= 0.6 is 0 Å². The van der Waals surface area contributed by atoms with Crippen molar-refractivity contribution in [2.24, 2.45) is 11.0 Å². The predicted molar refractivity (Wildman–Crippen MR) is 51.8 cm³/mol. The number of benzene rings is 1. The largest absolute Gasteiger partial charge is 0.507 e. The molecule has 0 amide bonds. The zero-order chi connectivity index (χ0) is 10.1. The van der Waals surface area contributed by atoms with Crippen LogP contribution in [0.2, 0.25) is 0 Å². The van der Waals surface area contributed by atoms with E-state index in [0.717, 1.165) is 6.54 Å². The van der Waals surface area contributed by atoms with Gasteiger partial charge in [0.2, 0.25) is 0 Å². The summed E-state index contributed by atoms with van der Waals surface area (Å²) in [7, 11) is 0. The summed E-state index contributed by atoms with van der Waals surface area (Å²) in [6.07, 6.45) is 0. The van der Waals surface area contributed by atoms with Crippen LogP contribution in [0.15, 0.2) is 23.3 Å². The highest BCUT2D eigenvalue weighted by atomic mass is 19.1. The molecule has 0 saturated carbocycles. The van der Waals surface area contributed by atoms with Crippen LogP contribution in [0.25, 0.3) is 0 Å². The third-order valence-corrected chi connectivity index (χ3v) is 2.30. The summed E-state index contributed by atoms with van der Waals surface area (Å²) in [5.41, 5.74) is 4.01. The lowest BCUT2D eigenvalue weighted by Gasteiger charge is -2.07. The van der Waals surface area contributed by atoms with Gasteiger partial charge >= 0.3 is 0 Å². The molecule has 74 valence electrons. The van der Waals surface area contributed by atoms with E-state index in [-0.39, 0.29) is 17.5 Å². The van der Waals surface area contributed by atoms with Crippen LogP contribution in [0.1, 0.15) is 12.5 Å². The lowest BCUT2D eigenvalue weighted by molar-refractivity contribution is 0.471. The van der Waals surface area contributed by atoms with E-state index in [0.29, 0.717) is 11.3 Å². The topological polar surface area (TPSA) is 44.6 Å². The Hall–Kier alpha value is -1.58. The quantitative estimate of drug-likeness (QED) is 0.711. The molecule has 0 aromatic heterocycles. The molecule has 14 heavy (non-hydrogen) atoms. The lowest BCUT2D eigenvalue weighted by atomic mass is 9.99. The number of hydrogen-bond acceptors (Lipinski definition) is 3. The number of halogens is 1. The Bertz CT molecular complexity index is 390. The van der Waals surface area contributed by atoms with Crippen molar-refractivity contribution in [1.29, 1.82) is 0 Å². The van der Waals surface area contributed by atoms with Gasteiger partial charge < -0.3 is 10.5 Å². The van der Waals surface area contributed by atoms with Gasteiger partial charge in [0.25, 0.3) is 0 Å². The first-order chi connectivity index (χ1) is 6.68. The Labute approximate surface area is 81.3 Å². The Kier molecular flexibility index (Phi) is 2.11. The molecule has 1 unspecified atom stereocenters. The predicted octanol–water partition coefficient (Wildman–Crippen LogP) is 1.47. The standard InChI is InChI=1S/C10H11FN2O/c1-6-5-12-13-10(6)8-4-7(11)2-3-9(8)14/h2-4,6,12,14H,5H2,1H3. The SMILES string of the molecule is CC1CNN=C1c1cc(F)ccc1O. The van der Waals surface area contributed by atoms with Crippen molar-refractivity contribution in [2.75, 3.05) is 6.54 Å². The van der Waals surface area contributed by atoms with Crippen molar-refractivity contribution in [3.05, 3.63) is 29.6 Å².